The van der Waals surface area contributed by atoms with E-state index in [9.17, 15) is 4.79 Å². The number of hydrogen-bond acceptors (Lipinski definition) is 6. The zero-order valence-electron chi connectivity index (χ0n) is 20.7. The van der Waals surface area contributed by atoms with Gasteiger partial charge in [-0.2, -0.15) is 0 Å². The Morgan fingerprint density at radius 3 is 2.51 bits per heavy atom. The summed E-state index contributed by atoms with van der Waals surface area (Å²) in [5.74, 6) is 2.70. The normalized spacial score (nSPS) is 14.9. The number of methoxy groups -OCH3 is 2. The van der Waals surface area contributed by atoms with Gasteiger partial charge in [0.1, 0.15) is 0 Å². The second-order valence-electron chi connectivity index (χ2n) is 8.94. The van der Waals surface area contributed by atoms with Crippen LogP contribution in [0.1, 0.15) is 56.6 Å². The van der Waals surface area contributed by atoms with Crippen LogP contribution in [0.4, 0.5) is 0 Å². The van der Waals surface area contributed by atoms with Gasteiger partial charge in [0.15, 0.2) is 22.5 Å². The first-order valence-electron chi connectivity index (χ1n) is 12.2. The van der Waals surface area contributed by atoms with Gasteiger partial charge in [0.25, 0.3) is 0 Å². The molecule has 1 aliphatic carbocycles. The molecule has 0 saturated heterocycles. The van der Waals surface area contributed by atoms with Gasteiger partial charge in [0.2, 0.25) is 5.91 Å². The van der Waals surface area contributed by atoms with Crippen molar-refractivity contribution in [2.75, 3.05) is 26.5 Å². The fraction of sp³-hybridized carbons (Fsp3) is 0.444. The smallest absolute Gasteiger partial charge is 0.230 e. The molecule has 1 unspecified atom stereocenters. The summed E-state index contributed by atoms with van der Waals surface area (Å²) in [5, 5.41) is 12.9. The lowest BCUT2D eigenvalue weighted by Gasteiger charge is -2.25. The number of aromatic nitrogens is 3. The van der Waals surface area contributed by atoms with E-state index in [2.05, 4.69) is 39.1 Å². The first-order chi connectivity index (χ1) is 17.1. The maximum Gasteiger partial charge on any atom is 0.230 e. The van der Waals surface area contributed by atoms with Gasteiger partial charge in [0, 0.05) is 18.2 Å². The van der Waals surface area contributed by atoms with Gasteiger partial charge in [0.05, 0.1) is 20.0 Å². The van der Waals surface area contributed by atoms with E-state index in [1.807, 2.05) is 36.4 Å². The summed E-state index contributed by atoms with van der Waals surface area (Å²) in [7, 11) is 3.26. The van der Waals surface area contributed by atoms with E-state index in [1.54, 1.807) is 14.2 Å². The van der Waals surface area contributed by atoms with Gasteiger partial charge in [-0.3, -0.25) is 9.36 Å². The van der Waals surface area contributed by atoms with E-state index in [0.29, 0.717) is 29.8 Å². The van der Waals surface area contributed by atoms with E-state index in [4.69, 9.17) is 9.47 Å². The maximum atomic E-state index is 12.7. The fourth-order valence-electron chi connectivity index (χ4n) is 4.56. The molecule has 1 fully saturated rings. The van der Waals surface area contributed by atoms with Crippen LogP contribution < -0.4 is 14.8 Å². The topological polar surface area (TPSA) is 78.3 Å². The van der Waals surface area contributed by atoms with Crippen molar-refractivity contribution in [1.82, 2.24) is 20.1 Å². The number of ether oxygens (including phenoxy) is 2. The molecule has 1 saturated carbocycles. The molecule has 0 radical (unpaired) electrons. The molecule has 1 aliphatic rings. The Hall–Kier alpha value is -3.00. The van der Waals surface area contributed by atoms with Gasteiger partial charge >= 0.3 is 0 Å². The molecule has 2 aromatic carbocycles. The molecular formula is C27H34N4O3S. The van der Waals surface area contributed by atoms with Gasteiger partial charge < -0.3 is 14.8 Å². The molecule has 4 rings (SSSR count). The Bertz CT molecular complexity index is 1110. The van der Waals surface area contributed by atoms with Gasteiger partial charge in [-0.15, -0.1) is 10.2 Å². The molecule has 35 heavy (non-hydrogen) atoms. The average molecular weight is 495 g/mol. The van der Waals surface area contributed by atoms with Crippen molar-refractivity contribution < 1.29 is 14.3 Å². The number of amides is 1. The van der Waals surface area contributed by atoms with Crippen molar-refractivity contribution in [3.8, 4) is 22.9 Å². The number of nitrogens with one attached hydrogen (secondary N) is 1. The Morgan fingerprint density at radius 1 is 1.06 bits per heavy atom. The number of thioether (sulfide) groups is 1. The summed E-state index contributed by atoms with van der Waals surface area (Å²) in [6.45, 7) is 2.73. The van der Waals surface area contributed by atoms with Crippen molar-refractivity contribution in [2.45, 2.75) is 56.1 Å². The zero-order valence-corrected chi connectivity index (χ0v) is 21.5. The molecule has 7 nitrogen and oxygen atoms in total. The molecular weight excluding hydrogens is 460 g/mol. The largest absolute Gasteiger partial charge is 0.493 e. The van der Waals surface area contributed by atoms with Gasteiger partial charge in [-0.1, -0.05) is 68.3 Å². The highest BCUT2D eigenvalue weighted by Gasteiger charge is 2.25. The van der Waals surface area contributed by atoms with Crippen molar-refractivity contribution in [1.29, 1.82) is 0 Å². The SMILES string of the molecule is COc1ccc(-c2nnc(SCC(=O)NCC(C)c3ccccc3)n2C2CCCCC2)cc1OC. The molecule has 0 bridgehead atoms. The van der Waals surface area contributed by atoms with Crippen LogP contribution in [0.2, 0.25) is 0 Å². The monoisotopic (exact) mass is 494 g/mol. The molecule has 186 valence electrons. The average Bonchev–Trinajstić information content (AvgIpc) is 3.35. The first-order valence-corrected chi connectivity index (χ1v) is 13.2. The fourth-order valence-corrected chi connectivity index (χ4v) is 5.40. The molecule has 1 heterocycles. The highest BCUT2D eigenvalue weighted by molar-refractivity contribution is 7.99. The predicted molar refractivity (Wildman–Crippen MR) is 139 cm³/mol. The quantitative estimate of drug-likeness (QED) is 0.376. The lowest BCUT2D eigenvalue weighted by Crippen LogP contribution is -2.29. The molecule has 1 amide bonds. The highest BCUT2D eigenvalue weighted by atomic mass is 32.2. The van der Waals surface area contributed by atoms with E-state index in [0.717, 1.165) is 29.4 Å². The minimum atomic E-state index is 0.00337. The van der Waals surface area contributed by atoms with Gasteiger partial charge in [-0.25, -0.2) is 0 Å². The third-order valence-electron chi connectivity index (χ3n) is 6.55. The van der Waals surface area contributed by atoms with Crippen molar-refractivity contribution in [2.24, 2.45) is 0 Å². The van der Waals surface area contributed by atoms with Crippen LogP contribution in [-0.2, 0) is 4.79 Å². The minimum absolute atomic E-state index is 0.00337. The lowest BCUT2D eigenvalue weighted by atomic mass is 9.95. The minimum Gasteiger partial charge on any atom is -0.493 e. The van der Waals surface area contributed by atoms with E-state index >= 15 is 0 Å². The number of nitrogens with zero attached hydrogens (tertiary/aromatic N) is 3. The Labute approximate surface area is 211 Å². The van der Waals surface area contributed by atoms with Crippen molar-refractivity contribution in [3.63, 3.8) is 0 Å². The van der Waals surface area contributed by atoms with E-state index < -0.39 is 0 Å². The van der Waals surface area contributed by atoms with Crippen LogP contribution in [0, 0.1) is 0 Å². The number of hydrogen-bond donors (Lipinski definition) is 1. The molecule has 1 aromatic heterocycles. The Kier molecular flexibility index (Phi) is 8.69. The summed E-state index contributed by atoms with van der Waals surface area (Å²) in [4.78, 5) is 12.7. The second-order valence-corrected chi connectivity index (χ2v) is 9.88. The van der Waals surface area contributed by atoms with E-state index in [-0.39, 0.29) is 11.8 Å². The summed E-state index contributed by atoms with van der Waals surface area (Å²) in [6.07, 6.45) is 5.82. The van der Waals surface area contributed by atoms with Crippen LogP contribution in [0.3, 0.4) is 0 Å². The number of benzene rings is 2. The number of carbonyl (C=O) groups excluding carboxylic acids is 1. The molecule has 0 aliphatic heterocycles. The van der Waals surface area contributed by atoms with Crippen LogP contribution >= 0.6 is 11.8 Å². The molecule has 1 N–H and O–H groups in total. The van der Waals surface area contributed by atoms with Crippen molar-refractivity contribution >= 4 is 17.7 Å². The van der Waals surface area contributed by atoms with Crippen LogP contribution in [0.5, 0.6) is 11.5 Å². The summed E-state index contributed by atoms with van der Waals surface area (Å²) in [6, 6.07) is 16.4. The predicted octanol–water partition coefficient (Wildman–Crippen LogP) is 5.48. The second kappa shape index (κ2) is 12.1. The van der Waals surface area contributed by atoms with E-state index in [1.165, 1.54) is 36.6 Å². The summed E-state index contributed by atoms with van der Waals surface area (Å²) in [5.41, 5.74) is 2.14. The molecule has 0 spiro atoms. The lowest BCUT2D eigenvalue weighted by molar-refractivity contribution is -0.118. The summed E-state index contributed by atoms with van der Waals surface area (Å²) >= 11 is 1.45. The summed E-state index contributed by atoms with van der Waals surface area (Å²) < 4.78 is 13.1. The van der Waals surface area contributed by atoms with Crippen LogP contribution in [0.15, 0.2) is 53.7 Å². The van der Waals surface area contributed by atoms with Crippen LogP contribution in [-0.4, -0.2) is 47.2 Å². The third kappa shape index (κ3) is 6.17. The molecule has 8 heteroatoms. The maximum absolute atomic E-state index is 12.7. The Morgan fingerprint density at radius 2 is 1.80 bits per heavy atom. The molecule has 3 aromatic rings. The Balaban J connectivity index is 1.48. The third-order valence-corrected chi connectivity index (χ3v) is 7.50. The number of rotatable bonds is 10. The first kappa shape index (κ1) is 25.1. The van der Waals surface area contributed by atoms with Gasteiger partial charge in [-0.05, 0) is 42.5 Å². The standard InChI is InChI=1S/C27H34N4O3S/c1-19(20-10-6-4-7-11-20)17-28-25(32)18-35-27-30-29-26(31(27)22-12-8-5-9-13-22)21-14-15-23(33-2)24(16-21)34-3/h4,6-7,10-11,14-16,19,22H,5,8-9,12-13,17-18H2,1-3H3,(H,28,32). The molecule has 1 atom stereocenters. The zero-order chi connectivity index (χ0) is 24.6. The number of carbonyl (C=O) groups is 1. The van der Waals surface area contributed by atoms with Crippen molar-refractivity contribution in [3.05, 3.63) is 54.1 Å². The highest BCUT2D eigenvalue weighted by Crippen LogP contribution is 2.38. The van der Waals surface area contributed by atoms with Crippen LogP contribution in [0.25, 0.3) is 11.4 Å².